The van der Waals surface area contributed by atoms with Crippen molar-refractivity contribution >= 4 is 34.5 Å². The minimum absolute atomic E-state index is 0.0920. The number of hydrogen-bond donors (Lipinski definition) is 2. The van der Waals surface area contributed by atoms with Gasteiger partial charge in [0, 0.05) is 34.6 Å². The van der Waals surface area contributed by atoms with Crippen LogP contribution in [0.15, 0.2) is 60.7 Å². The van der Waals surface area contributed by atoms with Crippen LogP contribution in [-0.4, -0.2) is 33.6 Å². The predicted molar refractivity (Wildman–Crippen MR) is 147 cm³/mol. The number of amides is 1. The first kappa shape index (κ1) is 26.1. The van der Waals surface area contributed by atoms with Gasteiger partial charge in [-0.25, -0.2) is 9.97 Å². The van der Waals surface area contributed by atoms with Gasteiger partial charge in [-0.3, -0.25) is 9.59 Å². The summed E-state index contributed by atoms with van der Waals surface area (Å²) in [5, 5.41) is 21.9. The Kier molecular flexibility index (Phi) is 7.71. The number of carbonyl (C=O) groups is 2. The van der Waals surface area contributed by atoms with E-state index in [4.69, 9.17) is 36.7 Å². The van der Waals surface area contributed by atoms with E-state index in [0.717, 1.165) is 16.8 Å². The molecule has 0 radical (unpaired) electrons. The van der Waals surface area contributed by atoms with E-state index in [1.54, 1.807) is 42.5 Å². The highest BCUT2D eigenvalue weighted by Gasteiger charge is 2.24. The summed E-state index contributed by atoms with van der Waals surface area (Å²) in [7, 11) is 0. The average Bonchev–Trinajstić information content (AvgIpc) is 2.94. The van der Waals surface area contributed by atoms with Gasteiger partial charge in [0.05, 0.1) is 46.7 Å². The van der Waals surface area contributed by atoms with Crippen molar-refractivity contribution in [3.05, 3.63) is 88.1 Å². The molecule has 0 bridgehead atoms. The molecule has 0 saturated heterocycles. The summed E-state index contributed by atoms with van der Waals surface area (Å²) in [5.74, 6) is -0.464. The van der Waals surface area contributed by atoms with Gasteiger partial charge in [0.2, 0.25) is 0 Å². The molecule has 1 atom stereocenters. The number of aliphatic carboxylic acids is 1. The van der Waals surface area contributed by atoms with Crippen LogP contribution in [0.4, 0.5) is 0 Å². The van der Waals surface area contributed by atoms with Gasteiger partial charge in [0.15, 0.2) is 0 Å². The van der Waals surface area contributed by atoms with Crippen LogP contribution in [0.25, 0.3) is 22.3 Å². The number of nitrogens with one attached hydrogen (secondary N) is 1. The second-order valence-electron chi connectivity index (χ2n) is 9.36. The molecular formula is C30H25ClN4O4. The largest absolute Gasteiger partial charge is 0.493 e. The lowest BCUT2D eigenvalue weighted by Crippen LogP contribution is -2.32. The minimum atomic E-state index is -0.828. The second kappa shape index (κ2) is 11.5. The van der Waals surface area contributed by atoms with Crippen molar-refractivity contribution in [1.82, 2.24) is 15.3 Å². The maximum Gasteiger partial charge on any atom is 0.303 e. The number of aromatic nitrogens is 2. The van der Waals surface area contributed by atoms with Crippen molar-refractivity contribution in [2.75, 3.05) is 6.61 Å². The van der Waals surface area contributed by atoms with Gasteiger partial charge in [0.25, 0.3) is 5.91 Å². The van der Waals surface area contributed by atoms with Gasteiger partial charge in [0.1, 0.15) is 5.75 Å². The van der Waals surface area contributed by atoms with E-state index in [-0.39, 0.29) is 18.4 Å². The third-order valence-electron chi connectivity index (χ3n) is 6.66. The SMILES string of the molecule is N#Cc1ccc2c(c1)OCCC2NC(=O)c1ccc2nc(-c3ccc(Cl)cc3)c(CCCCC(=O)O)nc2c1. The number of fused-ring (bicyclic) bond motifs is 2. The number of unbranched alkanes of at least 4 members (excludes halogenated alkanes) is 1. The molecule has 196 valence electrons. The molecule has 0 saturated carbocycles. The van der Waals surface area contributed by atoms with Crippen LogP contribution in [0.2, 0.25) is 5.02 Å². The molecule has 2 heterocycles. The molecule has 1 unspecified atom stereocenters. The van der Waals surface area contributed by atoms with Gasteiger partial charge >= 0.3 is 5.97 Å². The summed E-state index contributed by atoms with van der Waals surface area (Å²) in [6.07, 6.45) is 2.43. The molecule has 2 N–H and O–H groups in total. The van der Waals surface area contributed by atoms with Crippen LogP contribution in [-0.2, 0) is 11.2 Å². The molecule has 3 aromatic carbocycles. The fourth-order valence-electron chi connectivity index (χ4n) is 4.66. The number of carbonyl (C=O) groups excluding carboxylic acids is 1. The standard InChI is InChI=1S/C30H25ClN4O4/c31-21-9-6-19(7-10-21)29-25(3-1-2-4-28(36)37)33-26-16-20(8-12-24(26)34-29)30(38)35-23-13-14-39-27-15-18(17-32)5-11-22(23)27/h5-12,15-16,23H,1-4,13-14H2,(H,35,38)(H,36,37). The Hall–Kier alpha value is -4.48. The van der Waals surface area contributed by atoms with E-state index in [0.29, 0.717) is 70.9 Å². The molecule has 1 aromatic heterocycles. The van der Waals surface area contributed by atoms with Crippen molar-refractivity contribution in [2.24, 2.45) is 0 Å². The van der Waals surface area contributed by atoms with Crippen molar-refractivity contribution < 1.29 is 19.4 Å². The van der Waals surface area contributed by atoms with E-state index < -0.39 is 5.97 Å². The van der Waals surface area contributed by atoms with Crippen molar-refractivity contribution in [3.63, 3.8) is 0 Å². The number of benzene rings is 3. The lowest BCUT2D eigenvalue weighted by atomic mass is 9.98. The maximum atomic E-state index is 13.2. The lowest BCUT2D eigenvalue weighted by molar-refractivity contribution is -0.137. The molecule has 1 aliphatic heterocycles. The van der Waals surface area contributed by atoms with Crippen molar-refractivity contribution in [1.29, 1.82) is 5.26 Å². The Bertz CT molecular complexity index is 1600. The number of ether oxygens (including phenoxy) is 1. The summed E-state index contributed by atoms with van der Waals surface area (Å²) in [5.41, 5.74) is 5.33. The minimum Gasteiger partial charge on any atom is -0.493 e. The van der Waals surface area contributed by atoms with Crippen LogP contribution in [0.1, 0.15) is 58.9 Å². The molecule has 8 nitrogen and oxygen atoms in total. The first-order chi connectivity index (χ1) is 18.9. The zero-order chi connectivity index (χ0) is 27.4. The fourth-order valence-corrected chi connectivity index (χ4v) is 4.79. The van der Waals surface area contributed by atoms with Gasteiger partial charge in [-0.2, -0.15) is 5.26 Å². The summed E-state index contributed by atoms with van der Waals surface area (Å²) >= 11 is 6.08. The summed E-state index contributed by atoms with van der Waals surface area (Å²) in [4.78, 5) is 33.9. The smallest absolute Gasteiger partial charge is 0.303 e. The van der Waals surface area contributed by atoms with Crippen LogP contribution in [0.3, 0.4) is 0 Å². The number of aryl methyl sites for hydroxylation is 1. The molecule has 39 heavy (non-hydrogen) atoms. The van der Waals surface area contributed by atoms with Gasteiger partial charge in [-0.15, -0.1) is 0 Å². The quantitative estimate of drug-likeness (QED) is 0.267. The summed E-state index contributed by atoms with van der Waals surface area (Å²) in [6, 6.07) is 19.7. The Morgan fingerprint density at radius 3 is 2.64 bits per heavy atom. The first-order valence-corrected chi connectivity index (χ1v) is 13.0. The van der Waals surface area contributed by atoms with Crippen molar-refractivity contribution in [2.45, 2.75) is 38.1 Å². The number of halogens is 1. The molecule has 4 aromatic rings. The molecule has 1 aliphatic rings. The number of rotatable bonds is 8. The Balaban J connectivity index is 1.43. The average molecular weight is 541 g/mol. The van der Waals surface area contributed by atoms with E-state index >= 15 is 0 Å². The van der Waals surface area contributed by atoms with Gasteiger partial charge in [-0.1, -0.05) is 29.8 Å². The molecule has 9 heteroatoms. The topological polar surface area (TPSA) is 125 Å². The van der Waals surface area contributed by atoms with Crippen LogP contribution >= 0.6 is 11.6 Å². The zero-order valence-corrected chi connectivity index (χ0v) is 21.7. The molecule has 0 aliphatic carbocycles. The Labute approximate surface area is 230 Å². The Morgan fingerprint density at radius 1 is 1.05 bits per heavy atom. The highest BCUT2D eigenvalue weighted by atomic mass is 35.5. The van der Waals surface area contributed by atoms with Crippen LogP contribution in [0.5, 0.6) is 5.75 Å². The number of carboxylic acid groups (broad SMARTS) is 1. The second-order valence-corrected chi connectivity index (χ2v) is 9.79. The summed E-state index contributed by atoms with van der Waals surface area (Å²) < 4.78 is 5.70. The number of carboxylic acids is 1. The maximum absolute atomic E-state index is 13.2. The first-order valence-electron chi connectivity index (χ1n) is 12.7. The van der Waals surface area contributed by atoms with Gasteiger partial charge in [-0.05, 0) is 61.7 Å². The van der Waals surface area contributed by atoms with Crippen molar-refractivity contribution in [3.8, 4) is 23.1 Å². The van der Waals surface area contributed by atoms with Crippen LogP contribution in [0, 0.1) is 11.3 Å². The highest BCUT2D eigenvalue weighted by molar-refractivity contribution is 6.30. The van der Waals surface area contributed by atoms with Crippen LogP contribution < -0.4 is 10.1 Å². The molecule has 0 spiro atoms. The van der Waals surface area contributed by atoms with E-state index in [2.05, 4.69) is 11.4 Å². The predicted octanol–water partition coefficient (Wildman–Crippen LogP) is 5.87. The molecular weight excluding hydrogens is 516 g/mol. The summed E-state index contributed by atoms with van der Waals surface area (Å²) in [6.45, 7) is 0.439. The normalized spacial score (nSPS) is 14.2. The monoisotopic (exact) mass is 540 g/mol. The van der Waals surface area contributed by atoms with Gasteiger partial charge < -0.3 is 15.2 Å². The number of nitrogens with zero attached hydrogens (tertiary/aromatic N) is 3. The fraction of sp³-hybridized carbons (Fsp3) is 0.233. The highest BCUT2D eigenvalue weighted by Crippen LogP contribution is 2.33. The van der Waals surface area contributed by atoms with E-state index in [9.17, 15) is 9.59 Å². The molecule has 5 rings (SSSR count). The zero-order valence-electron chi connectivity index (χ0n) is 21.0. The third-order valence-corrected chi connectivity index (χ3v) is 6.91. The Morgan fingerprint density at radius 2 is 1.87 bits per heavy atom. The van der Waals surface area contributed by atoms with E-state index in [1.165, 1.54) is 0 Å². The van der Waals surface area contributed by atoms with E-state index in [1.807, 2.05) is 18.2 Å². The number of nitriles is 1. The molecule has 0 fully saturated rings. The lowest BCUT2D eigenvalue weighted by Gasteiger charge is -2.27. The molecule has 1 amide bonds. The third kappa shape index (κ3) is 6.00. The number of hydrogen-bond acceptors (Lipinski definition) is 6.